The first-order valence-corrected chi connectivity index (χ1v) is 14.7. The number of alkyl halides is 6. The van der Waals surface area contributed by atoms with Crippen LogP contribution in [-0.4, -0.2) is 88.3 Å². The molecule has 1 spiro atoms. The summed E-state index contributed by atoms with van der Waals surface area (Å²) in [4.78, 5) is 36.9. The number of carboxylic acid groups (broad SMARTS) is 2. The Morgan fingerprint density at radius 2 is 1.47 bits per heavy atom. The fourth-order valence-corrected chi connectivity index (χ4v) is 5.72. The van der Waals surface area contributed by atoms with Gasteiger partial charge in [-0.1, -0.05) is 0 Å². The fourth-order valence-electron chi connectivity index (χ4n) is 5.72. The SMILES string of the molecule is Cc1nc2c(n1C(C)C)CN(Cc1cnn(C(C)C)c1)CC21CCN(c2ncccn2)CC1.O=C(O)C(F)(F)F.O=C(O)C(F)(F)F. The van der Waals surface area contributed by atoms with E-state index in [1.54, 1.807) is 0 Å². The molecule has 12 nitrogen and oxygen atoms in total. The Kier molecular flexibility index (Phi) is 11.6. The van der Waals surface area contributed by atoms with Crippen molar-refractivity contribution in [2.75, 3.05) is 24.5 Å². The molecule has 2 N–H and O–H groups in total. The normalized spacial score (nSPS) is 16.3. The second kappa shape index (κ2) is 14.7. The number of carbonyl (C=O) groups is 2. The molecule has 1 fully saturated rings. The van der Waals surface area contributed by atoms with Crippen LogP contribution in [-0.2, 0) is 28.1 Å². The minimum Gasteiger partial charge on any atom is -0.475 e. The average molecular weight is 677 g/mol. The van der Waals surface area contributed by atoms with Crippen molar-refractivity contribution < 1.29 is 46.1 Å². The summed E-state index contributed by atoms with van der Waals surface area (Å²) in [6, 6.07) is 2.66. The van der Waals surface area contributed by atoms with E-state index in [1.807, 2.05) is 24.7 Å². The maximum Gasteiger partial charge on any atom is 0.490 e. The van der Waals surface area contributed by atoms with Crippen molar-refractivity contribution in [3.63, 3.8) is 0 Å². The van der Waals surface area contributed by atoms with Crippen molar-refractivity contribution in [1.29, 1.82) is 0 Å². The Morgan fingerprint density at radius 3 is 1.91 bits per heavy atom. The van der Waals surface area contributed by atoms with Gasteiger partial charge in [0, 0.05) is 74.4 Å². The third-order valence-electron chi connectivity index (χ3n) is 7.74. The Balaban J connectivity index is 0.000000360. The van der Waals surface area contributed by atoms with Gasteiger partial charge in [0.15, 0.2) is 0 Å². The predicted molar refractivity (Wildman–Crippen MR) is 157 cm³/mol. The number of aromatic nitrogens is 6. The first-order valence-electron chi connectivity index (χ1n) is 14.7. The van der Waals surface area contributed by atoms with Crippen LogP contribution >= 0.6 is 0 Å². The maximum absolute atomic E-state index is 10.6. The molecular weight excluding hydrogens is 638 g/mol. The van der Waals surface area contributed by atoms with Crippen LogP contribution in [0.4, 0.5) is 32.3 Å². The van der Waals surface area contributed by atoms with Crippen LogP contribution in [0.15, 0.2) is 30.9 Å². The van der Waals surface area contributed by atoms with Gasteiger partial charge in [0.1, 0.15) is 5.82 Å². The van der Waals surface area contributed by atoms with Gasteiger partial charge in [0.2, 0.25) is 5.95 Å². The molecule has 0 atom stereocenters. The zero-order valence-electron chi connectivity index (χ0n) is 26.5. The molecule has 3 aromatic rings. The molecule has 5 rings (SSSR count). The van der Waals surface area contributed by atoms with Crippen molar-refractivity contribution in [1.82, 2.24) is 34.2 Å². The molecule has 0 unspecified atom stereocenters. The zero-order chi connectivity index (χ0) is 35.3. The molecule has 0 saturated carbocycles. The van der Waals surface area contributed by atoms with E-state index in [2.05, 4.69) is 74.9 Å². The second-order valence-electron chi connectivity index (χ2n) is 11.9. The van der Waals surface area contributed by atoms with Crippen molar-refractivity contribution in [2.24, 2.45) is 0 Å². The highest BCUT2D eigenvalue weighted by molar-refractivity contribution is 5.73. The predicted octanol–water partition coefficient (Wildman–Crippen LogP) is 5.16. The Hall–Kier alpha value is -4.22. The van der Waals surface area contributed by atoms with Crippen LogP contribution in [0.5, 0.6) is 0 Å². The van der Waals surface area contributed by atoms with Gasteiger partial charge in [-0.3, -0.25) is 9.58 Å². The summed E-state index contributed by atoms with van der Waals surface area (Å²) in [6.07, 6.45) is -0.144. The number of hydrogen-bond acceptors (Lipinski definition) is 8. The quantitative estimate of drug-likeness (QED) is 0.348. The van der Waals surface area contributed by atoms with Crippen molar-refractivity contribution in [2.45, 2.75) is 90.4 Å². The smallest absolute Gasteiger partial charge is 0.475 e. The van der Waals surface area contributed by atoms with Crippen LogP contribution in [0.1, 0.15) is 75.4 Å². The summed E-state index contributed by atoms with van der Waals surface area (Å²) in [5, 5.41) is 18.8. The molecule has 0 amide bonds. The fraction of sp³-hybridized carbons (Fsp3) is 0.586. The second-order valence-corrected chi connectivity index (χ2v) is 11.9. The van der Waals surface area contributed by atoms with E-state index in [1.165, 1.54) is 17.0 Å². The van der Waals surface area contributed by atoms with Crippen LogP contribution in [0.2, 0.25) is 0 Å². The summed E-state index contributed by atoms with van der Waals surface area (Å²) >= 11 is 0. The number of piperidine rings is 1. The molecule has 3 aromatic heterocycles. The Morgan fingerprint density at radius 1 is 0.936 bits per heavy atom. The number of hydrogen-bond donors (Lipinski definition) is 2. The number of fused-ring (bicyclic) bond motifs is 2. The minimum absolute atomic E-state index is 0.0673. The lowest BCUT2D eigenvalue weighted by molar-refractivity contribution is -0.193. The van der Waals surface area contributed by atoms with Crippen LogP contribution in [0, 0.1) is 6.92 Å². The van der Waals surface area contributed by atoms with Gasteiger partial charge in [0.05, 0.1) is 17.6 Å². The Bertz CT molecular complexity index is 1470. The molecule has 0 aliphatic carbocycles. The van der Waals surface area contributed by atoms with Crippen LogP contribution < -0.4 is 4.90 Å². The summed E-state index contributed by atoms with van der Waals surface area (Å²) in [7, 11) is 0. The van der Waals surface area contributed by atoms with E-state index in [-0.39, 0.29) is 5.41 Å². The van der Waals surface area contributed by atoms with Gasteiger partial charge in [-0.2, -0.15) is 31.4 Å². The number of imidazole rings is 1. The van der Waals surface area contributed by atoms with Gasteiger partial charge >= 0.3 is 24.3 Å². The van der Waals surface area contributed by atoms with Crippen LogP contribution in [0.3, 0.4) is 0 Å². The maximum atomic E-state index is 10.6. The average Bonchev–Trinajstić information content (AvgIpc) is 3.58. The summed E-state index contributed by atoms with van der Waals surface area (Å²) in [6.45, 7) is 15.8. The molecule has 0 aromatic carbocycles. The van der Waals surface area contributed by atoms with E-state index < -0.39 is 24.3 Å². The molecule has 0 bridgehead atoms. The largest absolute Gasteiger partial charge is 0.490 e. The molecule has 260 valence electrons. The lowest BCUT2D eigenvalue weighted by Crippen LogP contribution is -2.52. The Labute approximate surface area is 267 Å². The van der Waals surface area contributed by atoms with E-state index in [0.29, 0.717) is 12.1 Å². The highest BCUT2D eigenvalue weighted by Gasteiger charge is 2.46. The number of carboxylic acids is 2. The molecule has 18 heteroatoms. The standard InChI is InChI=1S/C25H36N8.2C2HF3O2/c1-18(2)32-15-21(13-28-32)14-30-16-22-23(29-20(5)33(22)19(3)4)25(17-30)7-11-31(12-8-25)24-26-9-6-10-27-24;2*3-2(4,5)1(6)7/h6,9-10,13,15,18-19H,7-8,11-12,14,16-17H2,1-5H3;2*(H,6,7). The molecule has 47 heavy (non-hydrogen) atoms. The summed E-state index contributed by atoms with van der Waals surface area (Å²) in [5.74, 6) is -3.54. The van der Waals surface area contributed by atoms with Gasteiger partial charge in [-0.05, 0) is 53.5 Å². The minimum atomic E-state index is -5.08. The summed E-state index contributed by atoms with van der Waals surface area (Å²) < 4.78 is 68.0. The third-order valence-corrected chi connectivity index (χ3v) is 7.74. The van der Waals surface area contributed by atoms with E-state index in [9.17, 15) is 26.3 Å². The monoisotopic (exact) mass is 676 g/mol. The first kappa shape index (κ1) is 37.2. The van der Waals surface area contributed by atoms with Gasteiger partial charge in [-0.15, -0.1) is 0 Å². The molecule has 2 aliphatic heterocycles. The molecule has 1 saturated heterocycles. The first-order chi connectivity index (χ1) is 21.7. The molecule has 5 heterocycles. The number of halogens is 6. The molecular formula is C29H38F6N8O4. The zero-order valence-corrected chi connectivity index (χ0v) is 26.5. The third kappa shape index (κ3) is 9.42. The van der Waals surface area contributed by atoms with E-state index in [0.717, 1.165) is 57.3 Å². The number of anilines is 1. The highest BCUT2D eigenvalue weighted by atomic mass is 19.4. The molecule has 2 aliphatic rings. The van der Waals surface area contributed by atoms with Crippen molar-refractivity contribution in [3.8, 4) is 0 Å². The lowest BCUT2D eigenvalue weighted by atomic mass is 9.72. The highest BCUT2D eigenvalue weighted by Crippen LogP contribution is 2.43. The van der Waals surface area contributed by atoms with E-state index >= 15 is 0 Å². The van der Waals surface area contributed by atoms with Gasteiger partial charge in [-0.25, -0.2) is 24.5 Å². The molecule has 0 radical (unpaired) electrons. The number of aryl methyl sites for hydroxylation is 1. The number of nitrogens with zero attached hydrogens (tertiary/aromatic N) is 8. The van der Waals surface area contributed by atoms with Crippen molar-refractivity contribution >= 4 is 17.9 Å². The summed E-state index contributed by atoms with van der Waals surface area (Å²) in [5.41, 5.74) is 4.08. The lowest BCUT2D eigenvalue weighted by Gasteiger charge is -2.47. The number of rotatable bonds is 5. The number of aliphatic carboxylic acids is 2. The van der Waals surface area contributed by atoms with Gasteiger partial charge in [0.25, 0.3) is 0 Å². The van der Waals surface area contributed by atoms with Gasteiger partial charge < -0.3 is 19.7 Å². The van der Waals surface area contributed by atoms with Crippen LogP contribution in [0.25, 0.3) is 0 Å². The topological polar surface area (TPSA) is 142 Å². The van der Waals surface area contributed by atoms with E-state index in [4.69, 9.17) is 24.8 Å². The van der Waals surface area contributed by atoms with Crippen molar-refractivity contribution in [3.05, 3.63) is 53.6 Å².